The topological polar surface area (TPSA) is 49.7 Å². The van der Waals surface area contributed by atoms with E-state index in [1.807, 2.05) is 26.0 Å². The number of aliphatic hydroxyl groups excluding tert-OH is 2. The van der Waals surface area contributed by atoms with Crippen molar-refractivity contribution in [2.45, 2.75) is 39.5 Å². The predicted octanol–water partition coefficient (Wildman–Crippen LogP) is 2.60. The Labute approximate surface area is 93.1 Å². The van der Waals surface area contributed by atoms with Gasteiger partial charge in [0, 0.05) is 0 Å². The Hall–Kier alpha value is -0.800. The molecule has 0 aromatic carbocycles. The Balaban J connectivity index is 0. The van der Waals surface area contributed by atoms with Crippen molar-refractivity contribution in [2.75, 3.05) is 13.2 Å². The number of allylic oxidation sites excluding steroid dienone is 2. The van der Waals surface area contributed by atoms with Crippen molar-refractivity contribution in [3.05, 3.63) is 24.7 Å². The van der Waals surface area contributed by atoms with Crippen LogP contribution in [0.2, 0.25) is 0 Å². The van der Waals surface area contributed by atoms with Crippen LogP contribution in [0.5, 0.6) is 0 Å². The van der Waals surface area contributed by atoms with Crippen LogP contribution in [0.25, 0.3) is 0 Å². The van der Waals surface area contributed by atoms with Gasteiger partial charge in [0.25, 0.3) is 0 Å². The SMILES string of the molecule is C/C=C\O/C=C\C.C1CCC1.OCCO. The molecule has 1 saturated carbocycles. The molecule has 0 atom stereocenters. The Morgan fingerprint density at radius 3 is 1.33 bits per heavy atom. The smallest absolute Gasteiger partial charge is 0.0858 e. The largest absolute Gasteiger partial charge is 0.473 e. The molecule has 2 N–H and O–H groups in total. The number of ether oxygens (including phenoxy) is 1. The van der Waals surface area contributed by atoms with Crippen LogP contribution in [-0.4, -0.2) is 23.4 Å². The maximum atomic E-state index is 7.62. The minimum atomic E-state index is -0.125. The van der Waals surface area contributed by atoms with Crippen molar-refractivity contribution in [3.63, 3.8) is 0 Å². The zero-order valence-corrected chi connectivity index (χ0v) is 9.85. The van der Waals surface area contributed by atoms with Gasteiger partial charge in [-0.15, -0.1) is 0 Å². The zero-order chi connectivity index (χ0) is 11.8. The molecule has 1 aliphatic carbocycles. The summed E-state index contributed by atoms with van der Waals surface area (Å²) in [5.74, 6) is 0. The molecule has 0 radical (unpaired) electrons. The van der Waals surface area contributed by atoms with Gasteiger partial charge in [-0.3, -0.25) is 0 Å². The normalized spacial score (nSPS) is 13.6. The fourth-order valence-electron chi connectivity index (χ4n) is 0.452. The van der Waals surface area contributed by atoms with Gasteiger partial charge in [0.1, 0.15) is 0 Å². The van der Waals surface area contributed by atoms with Crippen LogP contribution in [-0.2, 0) is 4.74 Å². The van der Waals surface area contributed by atoms with E-state index in [-0.39, 0.29) is 13.2 Å². The lowest BCUT2D eigenvalue weighted by Gasteiger charge is -2.05. The second-order valence-electron chi connectivity index (χ2n) is 2.94. The summed E-state index contributed by atoms with van der Waals surface area (Å²) in [6.07, 6.45) is 12.9. The van der Waals surface area contributed by atoms with Crippen LogP contribution >= 0.6 is 0 Å². The molecule has 3 heteroatoms. The summed E-state index contributed by atoms with van der Waals surface area (Å²) in [7, 11) is 0. The number of hydrogen-bond acceptors (Lipinski definition) is 3. The van der Waals surface area contributed by atoms with Gasteiger partial charge in [0.05, 0.1) is 25.7 Å². The third-order valence-corrected chi connectivity index (χ3v) is 1.53. The number of rotatable bonds is 3. The summed E-state index contributed by atoms with van der Waals surface area (Å²) in [6.45, 7) is 3.56. The molecule has 1 aliphatic rings. The lowest BCUT2D eigenvalue weighted by molar-refractivity contribution is 0.186. The van der Waals surface area contributed by atoms with Gasteiger partial charge in [0.15, 0.2) is 0 Å². The summed E-state index contributed by atoms with van der Waals surface area (Å²) in [6, 6.07) is 0. The summed E-state index contributed by atoms with van der Waals surface area (Å²) in [5.41, 5.74) is 0. The minimum absolute atomic E-state index is 0.125. The quantitative estimate of drug-likeness (QED) is 0.713. The first-order chi connectivity index (χ1) is 7.33. The highest BCUT2D eigenvalue weighted by molar-refractivity contribution is 4.73. The highest BCUT2D eigenvalue weighted by Crippen LogP contribution is 2.15. The second-order valence-corrected chi connectivity index (χ2v) is 2.94. The predicted molar refractivity (Wildman–Crippen MR) is 63.4 cm³/mol. The van der Waals surface area contributed by atoms with E-state index in [1.165, 1.54) is 25.7 Å². The van der Waals surface area contributed by atoms with Crippen molar-refractivity contribution >= 4 is 0 Å². The van der Waals surface area contributed by atoms with Crippen LogP contribution < -0.4 is 0 Å². The average Bonchev–Trinajstić information content (AvgIpc) is 2.17. The number of hydrogen-bond donors (Lipinski definition) is 2. The van der Waals surface area contributed by atoms with Crippen LogP contribution in [0.3, 0.4) is 0 Å². The molecule has 0 saturated heterocycles. The zero-order valence-electron chi connectivity index (χ0n) is 9.85. The van der Waals surface area contributed by atoms with Crippen molar-refractivity contribution in [1.29, 1.82) is 0 Å². The highest BCUT2D eigenvalue weighted by Gasteiger charge is 1.95. The van der Waals surface area contributed by atoms with Crippen molar-refractivity contribution in [2.24, 2.45) is 0 Å². The number of aliphatic hydroxyl groups is 2. The molecule has 1 fully saturated rings. The van der Waals surface area contributed by atoms with E-state index in [0.29, 0.717) is 0 Å². The lowest BCUT2D eigenvalue weighted by Crippen LogP contribution is -1.85. The van der Waals surface area contributed by atoms with Crippen molar-refractivity contribution < 1.29 is 14.9 Å². The molecule has 0 heterocycles. The molecule has 0 spiro atoms. The van der Waals surface area contributed by atoms with Gasteiger partial charge in [-0.25, -0.2) is 0 Å². The maximum Gasteiger partial charge on any atom is 0.0858 e. The van der Waals surface area contributed by atoms with E-state index in [2.05, 4.69) is 0 Å². The van der Waals surface area contributed by atoms with E-state index >= 15 is 0 Å². The molecule has 0 aromatic heterocycles. The summed E-state index contributed by atoms with van der Waals surface area (Å²) < 4.78 is 4.77. The molecular formula is C12H24O3. The highest BCUT2D eigenvalue weighted by atomic mass is 16.5. The summed E-state index contributed by atoms with van der Waals surface area (Å²) >= 11 is 0. The molecule has 3 nitrogen and oxygen atoms in total. The van der Waals surface area contributed by atoms with Crippen LogP contribution in [0.4, 0.5) is 0 Å². The molecule has 0 amide bonds. The molecule has 90 valence electrons. The first kappa shape index (κ1) is 16.6. The molecule has 0 aromatic rings. The molecule has 1 rings (SSSR count). The Morgan fingerprint density at radius 1 is 0.867 bits per heavy atom. The fraction of sp³-hybridized carbons (Fsp3) is 0.667. The fourth-order valence-corrected chi connectivity index (χ4v) is 0.452. The second kappa shape index (κ2) is 18.9. The molecular weight excluding hydrogens is 192 g/mol. The standard InChI is InChI=1S/C6H10O.C4H8.C2H6O2/c1-3-5-7-6-4-2;1-2-4-3-1;3-1-2-4/h3-6H,1-2H3;1-4H2;3-4H,1-2H2/b5-3-,6-4-;;. The van der Waals surface area contributed by atoms with Crippen LogP contribution in [0, 0.1) is 0 Å². The van der Waals surface area contributed by atoms with Gasteiger partial charge < -0.3 is 14.9 Å². The monoisotopic (exact) mass is 216 g/mol. The Bertz CT molecular complexity index is 122. The first-order valence-electron chi connectivity index (χ1n) is 5.43. The van der Waals surface area contributed by atoms with Gasteiger partial charge in [-0.05, 0) is 13.8 Å². The van der Waals surface area contributed by atoms with Crippen molar-refractivity contribution in [1.82, 2.24) is 0 Å². The van der Waals surface area contributed by atoms with E-state index in [0.717, 1.165) is 0 Å². The van der Waals surface area contributed by atoms with E-state index in [9.17, 15) is 0 Å². The van der Waals surface area contributed by atoms with Gasteiger partial charge in [0.2, 0.25) is 0 Å². The molecule has 15 heavy (non-hydrogen) atoms. The van der Waals surface area contributed by atoms with Gasteiger partial charge in [-0.1, -0.05) is 37.8 Å². The van der Waals surface area contributed by atoms with Crippen molar-refractivity contribution in [3.8, 4) is 0 Å². The molecule has 0 aliphatic heterocycles. The summed E-state index contributed by atoms with van der Waals surface area (Å²) in [4.78, 5) is 0. The third-order valence-electron chi connectivity index (χ3n) is 1.53. The van der Waals surface area contributed by atoms with E-state index in [1.54, 1.807) is 12.5 Å². The molecule has 0 bridgehead atoms. The minimum Gasteiger partial charge on any atom is -0.473 e. The lowest BCUT2D eigenvalue weighted by atomic mass is 10.0. The van der Waals surface area contributed by atoms with E-state index in [4.69, 9.17) is 14.9 Å². The van der Waals surface area contributed by atoms with Crippen LogP contribution in [0.1, 0.15) is 39.5 Å². The van der Waals surface area contributed by atoms with Crippen LogP contribution in [0.15, 0.2) is 24.7 Å². The van der Waals surface area contributed by atoms with Gasteiger partial charge >= 0.3 is 0 Å². The van der Waals surface area contributed by atoms with Gasteiger partial charge in [-0.2, -0.15) is 0 Å². The third kappa shape index (κ3) is 24.6. The van der Waals surface area contributed by atoms with E-state index < -0.39 is 0 Å². The Kier molecular flexibility index (Phi) is 20.9. The summed E-state index contributed by atoms with van der Waals surface area (Å²) in [5, 5.41) is 15.2. The maximum absolute atomic E-state index is 7.62. The Morgan fingerprint density at radius 2 is 1.20 bits per heavy atom. The average molecular weight is 216 g/mol. The first-order valence-corrected chi connectivity index (χ1v) is 5.43. The molecule has 0 unspecified atom stereocenters.